The number of amides is 3. The molecule has 0 saturated carbocycles. The molecule has 1 aliphatic rings. The predicted molar refractivity (Wildman–Crippen MR) is 108 cm³/mol. The van der Waals surface area contributed by atoms with Gasteiger partial charge in [0, 0.05) is 6.07 Å². The van der Waals surface area contributed by atoms with Crippen LogP contribution in [-0.2, 0) is 25.6 Å². The van der Waals surface area contributed by atoms with Crippen LogP contribution in [-0.4, -0.2) is 54.5 Å². The van der Waals surface area contributed by atoms with Crippen molar-refractivity contribution in [1.29, 1.82) is 0 Å². The second-order valence-electron chi connectivity index (χ2n) is 6.49. The van der Waals surface area contributed by atoms with Gasteiger partial charge in [0.05, 0.1) is 25.7 Å². The lowest BCUT2D eigenvalue weighted by molar-refractivity contribution is -0.385. The van der Waals surface area contributed by atoms with Crippen LogP contribution < -0.4 is 10.1 Å². The normalized spacial score (nSPS) is 14.2. The molecule has 1 aliphatic heterocycles. The quantitative estimate of drug-likeness (QED) is 0.201. The Hall–Kier alpha value is -4.68. The lowest BCUT2D eigenvalue weighted by atomic mass is 10.1. The Morgan fingerprint density at radius 1 is 1.18 bits per heavy atom. The molecule has 1 aromatic carbocycles. The summed E-state index contributed by atoms with van der Waals surface area (Å²) in [5.74, 6) is -2.22. The number of nitrogens with zero attached hydrogens (tertiary/aromatic N) is 2. The Morgan fingerprint density at radius 2 is 1.94 bits per heavy atom. The SMILES string of the molecule is COC(=O)COc1ccc(/C=C2\NC(=O)N(Cc3ccc(C(=O)OC)o3)C2=O)cc1[N+](=O)[O-]. The van der Waals surface area contributed by atoms with Gasteiger partial charge in [-0.1, -0.05) is 6.07 Å². The summed E-state index contributed by atoms with van der Waals surface area (Å²) in [6.07, 6.45) is 1.25. The van der Waals surface area contributed by atoms with Crippen molar-refractivity contribution >= 4 is 35.6 Å². The second-order valence-corrected chi connectivity index (χ2v) is 6.49. The van der Waals surface area contributed by atoms with Gasteiger partial charge >= 0.3 is 23.7 Å². The molecule has 3 amide bonds. The molecule has 172 valence electrons. The number of nitrogens with one attached hydrogen (secondary N) is 1. The number of imide groups is 1. The first kappa shape index (κ1) is 23.0. The molecule has 0 atom stereocenters. The number of carbonyl (C=O) groups excluding carboxylic acids is 4. The highest BCUT2D eigenvalue weighted by Crippen LogP contribution is 2.29. The van der Waals surface area contributed by atoms with Gasteiger partial charge in [-0.3, -0.25) is 19.8 Å². The molecule has 2 aromatic rings. The molecule has 0 unspecified atom stereocenters. The number of urea groups is 1. The maximum absolute atomic E-state index is 12.6. The van der Waals surface area contributed by atoms with Crippen LogP contribution in [0.25, 0.3) is 6.08 Å². The van der Waals surface area contributed by atoms with Gasteiger partial charge in [0.15, 0.2) is 12.4 Å². The fourth-order valence-electron chi connectivity index (χ4n) is 2.80. The Labute approximate surface area is 185 Å². The molecule has 1 aromatic heterocycles. The van der Waals surface area contributed by atoms with Gasteiger partial charge < -0.3 is 23.9 Å². The number of benzene rings is 1. The first-order valence-corrected chi connectivity index (χ1v) is 9.23. The summed E-state index contributed by atoms with van der Waals surface area (Å²) in [7, 11) is 2.33. The highest BCUT2D eigenvalue weighted by Gasteiger charge is 2.34. The van der Waals surface area contributed by atoms with Gasteiger partial charge in [-0.05, 0) is 29.8 Å². The van der Waals surface area contributed by atoms with Crippen LogP contribution in [0.2, 0.25) is 0 Å². The number of nitro groups is 1. The molecular weight excluding hydrogens is 442 g/mol. The van der Waals surface area contributed by atoms with Gasteiger partial charge in [-0.25, -0.2) is 14.4 Å². The average Bonchev–Trinajstić information content (AvgIpc) is 3.37. The highest BCUT2D eigenvalue weighted by molar-refractivity contribution is 6.13. The largest absolute Gasteiger partial charge is 0.475 e. The molecule has 1 N–H and O–H groups in total. The number of carbonyl (C=O) groups is 4. The van der Waals surface area contributed by atoms with Crippen molar-refractivity contribution < 1.29 is 42.7 Å². The minimum absolute atomic E-state index is 0.0860. The molecular formula is C20H17N3O10. The second kappa shape index (κ2) is 9.64. The van der Waals surface area contributed by atoms with Crippen molar-refractivity contribution in [1.82, 2.24) is 10.2 Å². The number of hydrogen-bond acceptors (Lipinski definition) is 10. The van der Waals surface area contributed by atoms with E-state index in [2.05, 4.69) is 14.8 Å². The van der Waals surface area contributed by atoms with E-state index < -0.39 is 41.1 Å². The molecule has 33 heavy (non-hydrogen) atoms. The van der Waals surface area contributed by atoms with E-state index in [1.165, 1.54) is 37.5 Å². The van der Waals surface area contributed by atoms with E-state index in [-0.39, 0.29) is 35.1 Å². The van der Waals surface area contributed by atoms with Gasteiger partial charge in [0.1, 0.15) is 11.5 Å². The van der Waals surface area contributed by atoms with Crippen molar-refractivity contribution in [3.8, 4) is 5.75 Å². The zero-order chi connectivity index (χ0) is 24.1. The Kier molecular flexibility index (Phi) is 6.71. The number of esters is 2. The zero-order valence-corrected chi connectivity index (χ0v) is 17.4. The summed E-state index contributed by atoms with van der Waals surface area (Å²) in [4.78, 5) is 59.1. The van der Waals surface area contributed by atoms with Gasteiger partial charge in [0.2, 0.25) is 5.76 Å². The fourth-order valence-corrected chi connectivity index (χ4v) is 2.80. The summed E-state index contributed by atoms with van der Waals surface area (Å²) in [5, 5.41) is 13.7. The number of ether oxygens (including phenoxy) is 3. The van der Waals surface area contributed by atoms with Crippen molar-refractivity contribution in [2.45, 2.75) is 6.54 Å². The first-order valence-electron chi connectivity index (χ1n) is 9.23. The van der Waals surface area contributed by atoms with Crippen LogP contribution in [0.4, 0.5) is 10.5 Å². The lowest BCUT2D eigenvalue weighted by Crippen LogP contribution is -2.30. The molecule has 2 heterocycles. The molecule has 13 heteroatoms. The zero-order valence-electron chi connectivity index (χ0n) is 17.4. The standard InChI is InChI=1S/C20H17N3O10/c1-30-17(24)10-32-15-5-3-11(8-14(15)23(28)29)7-13-18(25)22(20(27)21-13)9-12-4-6-16(33-12)19(26)31-2/h3-8H,9-10H2,1-2H3,(H,21,27)/b13-7-. The summed E-state index contributed by atoms with van der Waals surface area (Å²) in [5.41, 5.74) is -0.353. The van der Waals surface area contributed by atoms with Crippen LogP contribution >= 0.6 is 0 Å². The van der Waals surface area contributed by atoms with Crippen molar-refractivity contribution in [2.75, 3.05) is 20.8 Å². The molecule has 0 aliphatic carbocycles. The monoisotopic (exact) mass is 459 g/mol. The van der Waals surface area contributed by atoms with Crippen LogP contribution in [0.1, 0.15) is 21.9 Å². The molecule has 13 nitrogen and oxygen atoms in total. The average molecular weight is 459 g/mol. The topological polar surface area (TPSA) is 168 Å². The summed E-state index contributed by atoms with van der Waals surface area (Å²) in [6, 6.07) is 5.81. The third-order valence-corrected chi connectivity index (χ3v) is 4.39. The van der Waals surface area contributed by atoms with E-state index in [9.17, 15) is 29.3 Å². The van der Waals surface area contributed by atoms with E-state index in [0.717, 1.165) is 18.1 Å². The number of rotatable bonds is 8. The van der Waals surface area contributed by atoms with E-state index in [1.807, 2.05) is 0 Å². The molecule has 3 rings (SSSR count). The Morgan fingerprint density at radius 3 is 2.61 bits per heavy atom. The minimum Gasteiger partial charge on any atom is -0.475 e. The van der Waals surface area contributed by atoms with E-state index in [1.54, 1.807) is 0 Å². The number of furan rings is 1. The van der Waals surface area contributed by atoms with Gasteiger partial charge in [0.25, 0.3) is 5.91 Å². The van der Waals surface area contributed by atoms with Crippen molar-refractivity contribution in [3.05, 3.63) is 63.2 Å². The molecule has 0 radical (unpaired) electrons. The Balaban J connectivity index is 1.78. The third-order valence-electron chi connectivity index (χ3n) is 4.39. The predicted octanol–water partition coefficient (Wildman–Crippen LogP) is 1.62. The van der Waals surface area contributed by atoms with E-state index >= 15 is 0 Å². The Bertz CT molecular complexity index is 1170. The van der Waals surface area contributed by atoms with Crippen molar-refractivity contribution in [2.24, 2.45) is 0 Å². The van der Waals surface area contributed by atoms with Crippen LogP contribution in [0.15, 0.2) is 40.4 Å². The van der Waals surface area contributed by atoms with Crippen molar-refractivity contribution in [3.63, 3.8) is 0 Å². The van der Waals surface area contributed by atoms with Gasteiger partial charge in [-0.2, -0.15) is 0 Å². The lowest BCUT2D eigenvalue weighted by Gasteiger charge is -2.09. The maximum Gasteiger partial charge on any atom is 0.373 e. The number of methoxy groups -OCH3 is 2. The van der Waals surface area contributed by atoms with E-state index in [0.29, 0.717) is 0 Å². The maximum atomic E-state index is 12.6. The number of nitro benzene ring substituents is 1. The van der Waals surface area contributed by atoms with Crippen LogP contribution in [0, 0.1) is 10.1 Å². The molecule has 1 fully saturated rings. The summed E-state index contributed by atoms with van der Waals surface area (Å²) in [6.45, 7) is -0.773. The van der Waals surface area contributed by atoms with Crippen LogP contribution in [0.3, 0.4) is 0 Å². The van der Waals surface area contributed by atoms with E-state index in [4.69, 9.17) is 9.15 Å². The first-order chi connectivity index (χ1) is 15.7. The smallest absolute Gasteiger partial charge is 0.373 e. The molecule has 1 saturated heterocycles. The third kappa shape index (κ3) is 5.15. The molecule has 0 bridgehead atoms. The summed E-state index contributed by atoms with van der Waals surface area (Å²) >= 11 is 0. The number of hydrogen-bond donors (Lipinski definition) is 1. The van der Waals surface area contributed by atoms with Gasteiger partial charge in [-0.15, -0.1) is 0 Å². The highest BCUT2D eigenvalue weighted by atomic mass is 16.6. The summed E-state index contributed by atoms with van der Waals surface area (Å²) < 4.78 is 19.3. The van der Waals surface area contributed by atoms with Crippen LogP contribution in [0.5, 0.6) is 5.75 Å². The molecule has 0 spiro atoms. The fraction of sp³-hybridized carbons (Fsp3) is 0.200. The minimum atomic E-state index is -0.741.